The number of hydrogen-bond acceptors (Lipinski definition) is 4. The summed E-state index contributed by atoms with van der Waals surface area (Å²) in [6.45, 7) is 4.23. The van der Waals surface area contributed by atoms with Gasteiger partial charge in [-0.1, -0.05) is 36.9 Å². The second-order valence-corrected chi connectivity index (χ2v) is 4.85. The first-order valence-electron chi connectivity index (χ1n) is 6.93. The van der Waals surface area contributed by atoms with E-state index >= 15 is 0 Å². The number of phenolic OH excluding ortho intramolecular Hbond substituents is 1. The minimum absolute atomic E-state index is 0.148. The average molecular weight is 289 g/mol. The second kappa shape index (κ2) is 6.18. The first-order chi connectivity index (χ1) is 10.8. The zero-order chi connectivity index (χ0) is 15.4. The molecule has 2 aromatic carbocycles. The van der Waals surface area contributed by atoms with Crippen LogP contribution in [0.25, 0.3) is 17.0 Å². The van der Waals surface area contributed by atoms with E-state index in [1.807, 2.05) is 36.4 Å². The Bertz CT molecular complexity index is 839. The van der Waals surface area contributed by atoms with E-state index in [1.54, 1.807) is 24.4 Å². The molecular weight excluding hydrogens is 274 g/mol. The Morgan fingerprint density at radius 1 is 1.09 bits per heavy atom. The van der Waals surface area contributed by atoms with Gasteiger partial charge in [0, 0.05) is 11.6 Å². The average Bonchev–Trinajstić information content (AvgIpc) is 2.58. The van der Waals surface area contributed by atoms with Crippen molar-refractivity contribution in [2.75, 3.05) is 0 Å². The van der Waals surface area contributed by atoms with Gasteiger partial charge in [0.15, 0.2) is 0 Å². The number of fused-ring (bicyclic) bond motifs is 1. The van der Waals surface area contributed by atoms with Crippen LogP contribution in [-0.4, -0.2) is 10.1 Å². The maximum absolute atomic E-state index is 9.81. The van der Waals surface area contributed by atoms with Crippen LogP contribution in [0.15, 0.2) is 71.5 Å². The molecule has 4 heteroatoms. The van der Waals surface area contributed by atoms with Crippen molar-refractivity contribution in [3.63, 3.8) is 0 Å². The van der Waals surface area contributed by atoms with Crippen LogP contribution in [-0.2, 0) is 6.54 Å². The molecule has 0 atom stereocenters. The molecule has 1 N–H and O–H groups in total. The number of aromatic nitrogens is 1. The minimum Gasteiger partial charge on any atom is -0.506 e. The Labute approximate surface area is 128 Å². The van der Waals surface area contributed by atoms with Gasteiger partial charge < -0.3 is 5.11 Å². The number of rotatable bonds is 4. The molecule has 0 radical (unpaired) electrons. The Balaban J connectivity index is 1.83. The van der Waals surface area contributed by atoms with Crippen molar-refractivity contribution >= 4 is 22.7 Å². The SMILES string of the molecule is C=Cc1ccc(C/N=N/c2ccc(O)c3ncccc23)cc1. The van der Waals surface area contributed by atoms with Crippen LogP contribution in [0.5, 0.6) is 5.75 Å². The van der Waals surface area contributed by atoms with Gasteiger partial charge in [-0.25, -0.2) is 0 Å². The summed E-state index contributed by atoms with van der Waals surface area (Å²) in [7, 11) is 0. The van der Waals surface area contributed by atoms with Crippen LogP contribution in [0.4, 0.5) is 5.69 Å². The molecule has 3 rings (SSSR count). The van der Waals surface area contributed by atoms with Gasteiger partial charge in [-0.2, -0.15) is 10.2 Å². The number of azo groups is 1. The number of benzene rings is 2. The predicted octanol–water partition coefficient (Wildman–Crippen LogP) is 4.87. The summed E-state index contributed by atoms with van der Waals surface area (Å²) in [5.74, 6) is 0.148. The summed E-state index contributed by atoms with van der Waals surface area (Å²) in [5.41, 5.74) is 3.39. The van der Waals surface area contributed by atoms with E-state index in [4.69, 9.17) is 0 Å². The molecule has 4 nitrogen and oxygen atoms in total. The highest BCUT2D eigenvalue weighted by molar-refractivity contribution is 5.93. The Morgan fingerprint density at radius 3 is 2.68 bits per heavy atom. The van der Waals surface area contributed by atoms with E-state index in [2.05, 4.69) is 21.8 Å². The number of phenols is 1. The third kappa shape index (κ3) is 2.86. The molecule has 0 aliphatic carbocycles. The van der Waals surface area contributed by atoms with Crippen molar-refractivity contribution in [3.05, 3.63) is 72.4 Å². The monoisotopic (exact) mass is 289 g/mol. The van der Waals surface area contributed by atoms with Crippen molar-refractivity contribution in [3.8, 4) is 5.75 Å². The van der Waals surface area contributed by atoms with Crippen LogP contribution in [0, 0.1) is 0 Å². The molecule has 0 aliphatic heterocycles. The smallest absolute Gasteiger partial charge is 0.141 e. The van der Waals surface area contributed by atoms with Crippen molar-refractivity contribution in [1.82, 2.24) is 4.98 Å². The molecule has 0 saturated carbocycles. The predicted molar refractivity (Wildman–Crippen MR) is 88.2 cm³/mol. The highest BCUT2D eigenvalue weighted by Crippen LogP contribution is 2.31. The van der Waals surface area contributed by atoms with Crippen LogP contribution >= 0.6 is 0 Å². The lowest BCUT2D eigenvalue weighted by Gasteiger charge is -2.02. The highest BCUT2D eigenvalue weighted by Gasteiger charge is 2.05. The fraction of sp³-hybridized carbons (Fsp3) is 0.0556. The number of nitrogens with zero attached hydrogens (tertiary/aromatic N) is 3. The maximum Gasteiger partial charge on any atom is 0.141 e. The third-order valence-electron chi connectivity index (χ3n) is 3.37. The molecule has 1 aromatic heterocycles. The Hall–Kier alpha value is -3.01. The fourth-order valence-corrected chi connectivity index (χ4v) is 2.18. The van der Waals surface area contributed by atoms with Crippen LogP contribution in [0.3, 0.4) is 0 Å². The summed E-state index contributed by atoms with van der Waals surface area (Å²) in [5, 5.41) is 19.1. The summed E-state index contributed by atoms with van der Waals surface area (Å²) >= 11 is 0. The molecule has 3 aromatic rings. The molecule has 108 valence electrons. The second-order valence-electron chi connectivity index (χ2n) is 4.85. The lowest BCUT2D eigenvalue weighted by molar-refractivity contribution is 0.480. The quantitative estimate of drug-likeness (QED) is 0.697. The van der Waals surface area contributed by atoms with Gasteiger partial charge in [-0.05, 0) is 35.4 Å². The van der Waals surface area contributed by atoms with E-state index in [1.165, 1.54) is 0 Å². The van der Waals surface area contributed by atoms with Crippen molar-refractivity contribution in [2.24, 2.45) is 10.2 Å². The molecule has 0 saturated heterocycles. The van der Waals surface area contributed by atoms with E-state index in [0.29, 0.717) is 17.7 Å². The zero-order valence-corrected chi connectivity index (χ0v) is 12.0. The summed E-state index contributed by atoms with van der Waals surface area (Å²) < 4.78 is 0. The molecular formula is C18H15N3O. The molecule has 0 fully saturated rings. The molecule has 0 aliphatic rings. The number of hydrogen-bond donors (Lipinski definition) is 1. The molecule has 22 heavy (non-hydrogen) atoms. The standard InChI is InChI=1S/C18H15N3O/c1-2-13-5-7-14(8-6-13)12-20-21-16-9-10-17(22)18-15(16)4-3-11-19-18/h2-11,22H,1,12H2/b21-20+. The molecule has 0 amide bonds. The van der Waals surface area contributed by atoms with Gasteiger partial charge in [-0.15, -0.1) is 0 Å². The number of pyridine rings is 1. The van der Waals surface area contributed by atoms with Crippen molar-refractivity contribution < 1.29 is 5.11 Å². The topological polar surface area (TPSA) is 57.8 Å². The maximum atomic E-state index is 9.81. The number of aromatic hydroxyl groups is 1. The molecule has 0 spiro atoms. The Morgan fingerprint density at radius 2 is 1.91 bits per heavy atom. The van der Waals surface area contributed by atoms with Gasteiger partial charge in [0.1, 0.15) is 11.3 Å². The van der Waals surface area contributed by atoms with E-state index in [-0.39, 0.29) is 5.75 Å². The lowest BCUT2D eigenvalue weighted by Crippen LogP contribution is -1.81. The van der Waals surface area contributed by atoms with Gasteiger partial charge in [0.25, 0.3) is 0 Å². The van der Waals surface area contributed by atoms with Crippen LogP contribution in [0.2, 0.25) is 0 Å². The van der Waals surface area contributed by atoms with E-state index < -0.39 is 0 Å². The first-order valence-corrected chi connectivity index (χ1v) is 6.93. The minimum atomic E-state index is 0.148. The Kier molecular flexibility index (Phi) is 3.92. The first kappa shape index (κ1) is 13.9. The van der Waals surface area contributed by atoms with Gasteiger partial charge in [-0.3, -0.25) is 4.98 Å². The molecule has 0 bridgehead atoms. The van der Waals surface area contributed by atoms with Crippen molar-refractivity contribution in [1.29, 1.82) is 0 Å². The van der Waals surface area contributed by atoms with Gasteiger partial charge in [0.05, 0.1) is 12.2 Å². The van der Waals surface area contributed by atoms with E-state index in [0.717, 1.165) is 16.5 Å². The molecule has 0 unspecified atom stereocenters. The van der Waals surface area contributed by atoms with Crippen LogP contribution in [0.1, 0.15) is 11.1 Å². The third-order valence-corrected chi connectivity index (χ3v) is 3.37. The summed E-state index contributed by atoms with van der Waals surface area (Å²) in [6, 6.07) is 15.0. The largest absolute Gasteiger partial charge is 0.506 e. The molecule has 1 heterocycles. The van der Waals surface area contributed by atoms with Gasteiger partial charge in [0.2, 0.25) is 0 Å². The zero-order valence-electron chi connectivity index (χ0n) is 12.0. The fourth-order valence-electron chi connectivity index (χ4n) is 2.18. The lowest BCUT2D eigenvalue weighted by atomic mass is 10.1. The van der Waals surface area contributed by atoms with Gasteiger partial charge >= 0.3 is 0 Å². The highest BCUT2D eigenvalue weighted by atomic mass is 16.3. The van der Waals surface area contributed by atoms with E-state index in [9.17, 15) is 5.11 Å². The normalized spacial score (nSPS) is 11.1. The van der Waals surface area contributed by atoms with Crippen LogP contribution < -0.4 is 0 Å². The summed E-state index contributed by atoms with van der Waals surface area (Å²) in [4.78, 5) is 4.17. The van der Waals surface area contributed by atoms with Crippen molar-refractivity contribution in [2.45, 2.75) is 6.54 Å². The summed E-state index contributed by atoms with van der Waals surface area (Å²) in [6.07, 6.45) is 3.45.